The van der Waals surface area contributed by atoms with Gasteiger partial charge in [0.1, 0.15) is 6.04 Å². The molecule has 1 saturated heterocycles. The van der Waals surface area contributed by atoms with Gasteiger partial charge >= 0.3 is 5.97 Å². The van der Waals surface area contributed by atoms with Crippen molar-refractivity contribution in [2.75, 3.05) is 12.3 Å². The van der Waals surface area contributed by atoms with E-state index in [0.717, 1.165) is 12.0 Å². The predicted octanol–water partition coefficient (Wildman–Crippen LogP) is 1.28. The number of hydrogen-bond acceptors (Lipinski definition) is 3. The number of nitrogens with zero attached hydrogens (tertiary/aromatic N) is 1. The monoisotopic (exact) mass is 262 g/mol. The summed E-state index contributed by atoms with van der Waals surface area (Å²) in [6, 6.07) is 6.77. The highest BCUT2D eigenvalue weighted by Gasteiger charge is 2.33. The molecule has 0 spiro atoms. The Morgan fingerprint density at radius 2 is 2.11 bits per heavy atom. The van der Waals surface area contributed by atoms with Gasteiger partial charge in [-0.05, 0) is 30.9 Å². The Labute approximate surface area is 112 Å². The fourth-order valence-electron chi connectivity index (χ4n) is 2.47. The minimum atomic E-state index is -0.912. The number of carbonyl (C=O) groups excluding carboxylic acids is 1. The summed E-state index contributed by atoms with van der Waals surface area (Å²) >= 11 is 0. The summed E-state index contributed by atoms with van der Waals surface area (Å²) in [5.41, 5.74) is 7.42. The van der Waals surface area contributed by atoms with E-state index in [9.17, 15) is 9.59 Å². The molecule has 1 unspecified atom stereocenters. The number of rotatable bonds is 4. The summed E-state index contributed by atoms with van der Waals surface area (Å²) in [6.07, 6.45) is 2.16. The topological polar surface area (TPSA) is 83.6 Å². The Morgan fingerprint density at radius 1 is 1.37 bits per heavy atom. The van der Waals surface area contributed by atoms with Crippen molar-refractivity contribution < 1.29 is 14.7 Å². The first-order chi connectivity index (χ1) is 9.09. The molecule has 1 fully saturated rings. The molecule has 3 N–H and O–H groups in total. The van der Waals surface area contributed by atoms with Crippen LogP contribution >= 0.6 is 0 Å². The van der Waals surface area contributed by atoms with Crippen LogP contribution in [0, 0.1) is 0 Å². The Morgan fingerprint density at radius 3 is 2.79 bits per heavy atom. The third kappa shape index (κ3) is 3.05. The molecule has 1 heterocycles. The number of likely N-dealkylation sites (tertiary alicyclic amines) is 1. The number of anilines is 1. The van der Waals surface area contributed by atoms with Gasteiger partial charge in [0.05, 0.1) is 0 Å². The second-order valence-corrected chi connectivity index (χ2v) is 4.78. The maximum atomic E-state index is 12.1. The van der Waals surface area contributed by atoms with E-state index >= 15 is 0 Å². The van der Waals surface area contributed by atoms with E-state index in [1.54, 1.807) is 6.07 Å². The fraction of sp³-hybridized carbons (Fsp3) is 0.429. The van der Waals surface area contributed by atoms with Crippen molar-refractivity contribution in [2.24, 2.45) is 0 Å². The summed E-state index contributed by atoms with van der Waals surface area (Å²) < 4.78 is 0. The van der Waals surface area contributed by atoms with Crippen molar-refractivity contribution in [3.8, 4) is 0 Å². The zero-order valence-corrected chi connectivity index (χ0v) is 10.7. The smallest absolute Gasteiger partial charge is 0.326 e. The van der Waals surface area contributed by atoms with Gasteiger partial charge in [-0.3, -0.25) is 4.79 Å². The third-order valence-electron chi connectivity index (χ3n) is 3.52. The summed E-state index contributed by atoms with van der Waals surface area (Å²) in [7, 11) is 0. The highest BCUT2D eigenvalue weighted by molar-refractivity contribution is 5.84. The number of aliphatic carboxylic acids is 1. The van der Waals surface area contributed by atoms with Crippen LogP contribution in [0.3, 0.4) is 0 Å². The predicted molar refractivity (Wildman–Crippen MR) is 71.5 cm³/mol. The van der Waals surface area contributed by atoms with Crippen LogP contribution in [0.1, 0.15) is 24.8 Å². The van der Waals surface area contributed by atoms with Gasteiger partial charge in [0.2, 0.25) is 5.91 Å². The van der Waals surface area contributed by atoms with Crippen LogP contribution in [0.2, 0.25) is 0 Å². The Kier molecular flexibility index (Phi) is 4.04. The minimum Gasteiger partial charge on any atom is -0.480 e. The van der Waals surface area contributed by atoms with E-state index in [1.165, 1.54) is 4.90 Å². The van der Waals surface area contributed by atoms with Crippen LogP contribution in [-0.4, -0.2) is 34.5 Å². The Bertz CT molecular complexity index is 487. The number of aryl methyl sites for hydroxylation is 1. The summed E-state index contributed by atoms with van der Waals surface area (Å²) in [5, 5.41) is 9.05. The Hall–Kier alpha value is -2.04. The van der Waals surface area contributed by atoms with Crippen LogP contribution < -0.4 is 5.73 Å². The average Bonchev–Trinajstić information content (AvgIpc) is 2.87. The molecule has 2 rings (SSSR count). The molecular formula is C14H18N2O3. The molecule has 5 heteroatoms. The Balaban J connectivity index is 1.95. The highest BCUT2D eigenvalue weighted by Crippen LogP contribution is 2.20. The van der Waals surface area contributed by atoms with E-state index in [0.29, 0.717) is 31.5 Å². The van der Waals surface area contributed by atoms with Crippen molar-refractivity contribution in [1.29, 1.82) is 0 Å². The van der Waals surface area contributed by atoms with Crippen molar-refractivity contribution >= 4 is 17.6 Å². The zero-order valence-electron chi connectivity index (χ0n) is 10.7. The third-order valence-corrected chi connectivity index (χ3v) is 3.52. The number of nitrogen functional groups attached to an aromatic ring is 1. The lowest BCUT2D eigenvalue weighted by Gasteiger charge is -2.21. The molecule has 1 aliphatic rings. The summed E-state index contributed by atoms with van der Waals surface area (Å²) in [6.45, 7) is 0.542. The molecule has 1 atom stereocenters. The molecule has 0 bridgehead atoms. The van der Waals surface area contributed by atoms with Gasteiger partial charge in [-0.1, -0.05) is 18.2 Å². The molecule has 1 aromatic carbocycles. The van der Waals surface area contributed by atoms with Gasteiger partial charge in [-0.15, -0.1) is 0 Å². The van der Waals surface area contributed by atoms with Gasteiger partial charge in [0.25, 0.3) is 0 Å². The van der Waals surface area contributed by atoms with Crippen molar-refractivity contribution in [3.63, 3.8) is 0 Å². The first-order valence-electron chi connectivity index (χ1n) is 6.45. The summed E-state index contributed by atoms with van der Waals surface area (Å²) in [5.74, 6) is -1.02. The standard InChI is InChI=1S/C14H18N2O3/c15-11-5-2-1-4-10(11)7-8-13(17)16-9-3-6-12(16)14(18)19/h1-2,4-5,12H,3,6-9,15H2,(H,18,19). The molecule has 19 heavy (non-hydrogen) atoms. The van der Waals surface area contributed by atoms with Crippen LogP contribution in [0.15, 0.2) is 24.3 Å². The number of para-hydroxylation sites is 1. The first-order valence-corrected chi connectivity index (χ1v) is 6.45. The summed E-state index contributed by atoms with van der Waals surface area (Å²) in [4.78, 5) is 24.6. The molecule has 0 aromatic heterocycles. The van der Waals surface area contributed by atoms with E-state index in [2.05, 4.69) is 0 Å². The number of carboxylic acid groups (broad SMARTS) is 1. The van der Waals surface area contributed by atoms with Crippen molar-refractivity contribution in [3.05, 3.63) is 29.8 Å². The number of hydrogen-bond donors (Lipinski definition) is 2. The molecule has 1 amide bonds. The number of benzene rings is 1. The molecule has 1 aliphatic heterocycles. The first kappa shape index (κ1) is 13.4. The largest absolute Gasteiger partial charge is 0.480 e. The van der Waals surface area contributed by atoms with E-state index in [-0.39, 0.29) is 5.91 Å². The SMILES string of the molecule is Nc1ccccc1CCC(=O)N1CCCC1C(=O)O. The average molecular weight is 262 g/mol. The maximum Gasteiger partial charge on any atom is 0.326 e. The van der Waals surface area contributed by atoms with Crippen LogP contribution in [0.25, 0.3) is 0 Å². The van der Waals surface area contributed by atoms with Gasteiger partial charge in [0, 0.05) is 18.7 Å². The van der Waals surface area contributed by atoms with Gasteiger partial charge in [-0.25, -0.2) is 4.79 Å². The van der Waals surface area contributed by atoms with E-state index < -0.39 is 12.0 Å². The second kappa shape index (κ2) is 5.73. The lowest BCUT2D eigenvalue weighted by Crippen LogP contribution is -2.40. The van der Waals surface area contributed by atoms with Crippen LogP contribution in [0.4, 0.5) is 5.69 Å². The zero-order chi connectivity index (χ0) is 13.8. The normalized spacial score (nSPS) is 18.5. The lowest BCUT2D eigenvalue weighted by atomic mass is 10.1. The molecule has 1 aromatic rings. The highest BCUT2D eigenvalue weighted by atomic mass is 16.4. The molecule has 102 valence electrons. The van der Waals surface area contributed by atoms with Gasteiger partial charge in [-0.2, -0.15) is 0 Å². The lowest BCUT2D eigenvalue weighted by molar-refractivity contribution is -0.148. The quantitative estimate of drug-likeness (QED) is 0.800. The molecule has 5 nitrogen and oxygen atoms in total. The minimum absolute atomic E-state index is 0.104. The van der Waals surface area contributed by atoms with Crippen molar-refractivity contribution in [1.82, 2.24) is 4.90 Å². The van der Waals surface area contributed by atoms with Crippen LogP contribution in [0.5, 0.6) is 0 Å². The van der Waals surface area contributed by atoms with Gasteiger partial charge in [0.15, 0.2) is 0 Å². The molecule has 0 aliphatic carbocycles. The second-order valence-electron chi connectivity index (χ2n) is 4.78. The molecule has 0 radical (unpaired) electrons. The maximum absolute atomic E-state index is 12.1. The number of amides is 1. The van der Waals surface area contributed by atoms with Crippen molar-refractivity contribution in [2.45, 2.75) is 31.7 Å². The number of nitrogens with two attached hydrogens (primary N) is 1. The number of carboxylic acids is 1. The van der Waals surface area contributed by atoms with Crippen LogP contribution in [-0.2, 0) is 16.0 Å². The van der Waals surface area contributed by atoms with E-state index in [1.807, 2.05) is 18.2 Å². The molecule has 0 saturated carbocycles. The van der Waals surface area contributed by atoms with E-state index in [4.69, 9.17) is 10.8 Å². The number of carbonyl (C=O) groups is 2. The van der Waals surface area contributed by atoms with Gasteiger partial charge < -0.3 is 15.7 Å². The molecular weight excluding hydrogens is 244 g/mol. The fourth-order valence-corrected chi connectivity index (χ4v) is 2.47.